The first-order chi connectivity index (χ1) is 10.5. The molecule has 4 nitrogen and oxygen atoms in total. The number of hydrogen-bond acceptors (Lipinski definition) is 4. The highest BCUT2D eigenvalue weighted by molar-refractivity contribution is 6.77. The van der Waals surface area contributed by atoms with E-state index in [1.54, 1.807) is 6.92 Å². The molecule has 0 fully saturated rings. The maximum atomic E-state index is 11.3. The SMILES string of the molecule is C=C[Si](C)(C)OC(O[Si](C)(C)C=C)[SiH2]CCCOC(=O)C(=C)C. The minimum atomic E-state index is -1.89. The summed E-state index contributed by atoms with van der Waals surface area (Å²) in [6.45, 7) is 21.8. The number of rotatable bonds is 12. The lowest BCUT2D eigenvalue weighted by molar-refractivity contribution is -0.138. The van der Waals surface area contributed by atoms with Gasteiger partial charge in [0.05, 0.1) is 16.1 Å². The van der Waals surface area contributed by atoms with Gasteiger partial charge in [-0.25, -0.2) is 4.79 Å². The molecule has 0 saturated carbocycles. The van der Waals surface area contributed by atoms with Crippen molar-refractivity contribution in [1.82, 2.24) is 0 Å². The van der Waals surface area contributed by atoms with E-state index in [1.165, 1.54) is 0 Å². The third kappa shape index (κ3) is 10.6. The normalized spacial score (nSPS) is 12.6. The van der Waals surface area contributed by atoms with Crippen LogP contribution in [0.4, 0.5) is 0 Å². The van der Waals surface area contributed by atoms with Crippen LogP contribution >= 0.6 is 0 Å². The van der Waals surface area contributed by atoms with Gasteiger partial charge in [-0.15, -0.1) is 13.2 Å². The van der Waals surface area contributed by atoms with E-state index in [1.807, 2.05) is 11.4 Å². The summed E-state index contributed by atoms with van der Waals surface area (Å²) in [6.07, 6.45) is 0.834. The zero-order valence-electron chi connectivity index (χ0n) is 15.3. The summed E-state index contributed by atoms with van der Waals surface area (Å²) in [5.41, 5.74) is 4.29. The van der Waals surface area contributed by atoms with Crippen molar-refractivity contribution in [3.05, 3.63) is 36.7 Å². The molecule has 0 unspecified atom stereocenters. The third-order valence-electron chi connectivity index (χ3n) is 3.27. The molecule has 132 valence electrons. The fraction of sp³-hybridized carbons (Fsp3) is 0.562. The lowest BCUT2D eigenvalue weighted by Gasteiger charge is -2.32. The Balaban J connectivity index is 4.42. The first kappa shape index (κ1) is 22.3. The quantitative estimate of drug-likeness (QED) is 0.173. The monoisotopic (exact) mass is 372 g/mol. The van der Waals surface area contributed by atoms with Gasteiger partial charge in [-0.05, 0) is 39.5 Å². The van der Waals surface area contributed by atoms with Gasteiger partial charge in [0.2, 0.25) is 16.6 Å². The number of esters is 1. The van der Waals surface area contributed by atoms with Crippen molar-refractivity contribution < 1.29 is 18.4 Å². The fourth-order valence-corrected chi connectivity index (χ4v) is 7.70. The molecule has 0 rings (SSSR count). The second-order valence-electron chi connectivity index (χ2n) is 6.69. The summed E-state index contributed by atoms with van der Waals surface area (Å²) >= 11 is 0. The Hall–Kier alpha value is -0.739. The second kappa shape index (κ2) is 10.2. The average molecular weight is 373 g/mol. The average Bonchev–Trinajstić information content (AvgIpc) is 2.45. The van der Waals surface area contributed by atoms with E-state index in [0.29, 0.717) is 12.2 Å². The molecule has 0 N–H and O–H groups in total. The Morgan fingerprint density at radius 1 is 1.13 bits per heavy atom. The Bertz CT molecular complexity index is 411. The predicted molar refractivity (Wildman–Crippen MR) is 105 cm³/mol. The van der Waals surface area contributed by atoms with Crippen molar-refractivity contribution in [2.75, 3.05) is 6.61 Å². The van der Waals surface area contributed by atoms with Crippen LogP contribution in [0.3, 0.4) is 0 Å². The number of carbonyl (C=O) groups is 1. The summed E-state index contributed by atoms with van der Waals surface area (Å²) in [7, 11) is -4.38. The van der Waals surface area contributed by atoms with E-state index in [-0.39, 0.29) is 11.9 Å². The summed E-state index contributed by atoms with van der Waals surface area (Å²) in [5, 5.41) is 0. The summed E-state index contributed by atoms with van der Waals surface area (Å²) in [5.74, 6) is -0.442. The highest BCUT2D eigenvalue weighted by Gasteiger charge is 2.28. The first-order valence-corrected chi connectivity index (χ1v) is 15.8. The molecular weight excluding hydrogens is 340 g/mol. The number of carbonyl (C=O) groups excluding carboxylic acids is 1. The van der Waals surface area contributed by atoms with Gasteiger partial charge in [0.1, 0.15) is 5.91 Å². The minimum absolute atomic E-state index is 0.119. The molecule has 0 bridgehead atoms. The zero-order valence-corrected chi connectivity index (χ0v) is 18.7. The van der Waals surface area contributed by atoms with Gasteiger partial charge in [0, 0.05) is 5.57 Å². The van der Waals surface area contributed by atoms with E-state index in [4.69, 9.17) is 13.6 Å². The maximum absolute atomic E-state index is 11.3. The van der Waals surface area contributed by atoms with Crippen LogP contribution in [0.5, 0.6) is 0 Å². The molecule has 0 spiro atoms. The van der Waals surface area contributed by atoms with Gasteiger partial charge in [0.15, 0.2) is 0 Å². The van der Waals surface area contributed by atoms with Crippen LogP contribution in [0, 0.1) is 0 Å². The van der Waals surface area contributed by atoms with Gasteiger partial charge in [-0.3, -0.25) is 0 Å². The summed E-state index contributed by atoms with van der Waals surface area (Å²) in [4.78, 5) is 11.3. The minimum Gasteiger partial charge on any atom is -0.462 e. The van der Waals surface area contributed by atoms with Gasteiger partial charge in [-0.2, -0.15) is 0 Å². The van der Waals surface area contributed by atoms with Crippen molar-refractivity contribution in [2.24, 2.45) is 0 Å². The molecule has 0 atom stereocenters. The van der Waals surface area contributed by atoms with Gasteiger partial charge < -0.3 is 13.6 Å². The van der Waals surface area contributed by atoms with Crippen LogP contribution in [0.15, 0.2) is 36.7 Å². The van der Waals surface area contributed by atoms with Gasteiger partial charge in [0.25, 0.3) is 0 Å². The van der Waals surface area contributed by atoms with E-state index >= 15 is 0 Å². The number of ether oxygens (including phenoxy) is 1. The molecule has 0 aromatic rings. The van der Waals surface area contributed by atoms with E-state index in [2.05, 4.69) is 45.9 Å². The van der Waals surface area contributed by atoms with Crippen molar-refractivity contribution >= 4 is 32.1 Å². The predicted octanol–water partition coefficient (Wildman–Crippen LogP) is 3.26. The standard InChI is InChI=1S/C16H32O4Si3/c1-9-22(5,6)19-16(20-23(7,8)10-2)21-13-11-12-18-15(17)14(3)4/h9-10,16H,1-3,11-13,21H2,4-8H3. The zero-order chi connectivity index (χ0) is 18.1. The maximum Gasteiger partial charge on any atom is 0.333 e. The molecule has 0 aliphatic carbocycles. The highest BCUT2D eigenvalue weighted by atomic mass is 28.4. The van der Waals surface area contributed by atoms with Gasteiger partial charge in [-0.1, -0.05) is 24.0 Å². The Morgan fingerprint density at radius 3 is 2.00 bits per heavy atom. The fourth-order valence-electron chi connectivity index (χ4n) is 1.62. The molecule has 0 aliphatic heterocycles. The van der Waals surface area contributed by atoms with Crippen molar-refractivity contribution in [3.63, 3.8) is 0 Å². The summed E-state index contributed by atoms with van der Waals surface area (Å²) < 4.78 is 17.5. The van der Waals surface area contributed by atoms with Crippen LogP contribution in [-0.2, 0) is 18.4 Å². The third-order valence-corrected chi connectivity index (χ3v) is 9.36. The van der Waals surface area contributed by atoms with E-state index in [9.17, 15) is 4.79 Å². The largest absolute Gasteiger partial charge is 0.462 e. The molecule has 0 saturated heterocycles. The lowest BCUT2D eigenvalue weighted by atomic mass is 10.4. The molecule has 0 radical (unpaired) electrons. The van der Waals surface area contributed by atoms with Crippen LogP contribution < -0.4 is 0 Å². The molecule has 0 aromatic heterocycles. The Morgan fingerprint density at radius 2 is 1.61 bits per heavy atom. The molecule has 0 aromatic carbocycles. The van der Waals surface area contributed by atoms with Crippen molar-refractivity contribution in [3.8, 4) is 0 Å². The van der Waals surface area contributed by atoms with E-state index in [0.717, 1.165) is 12.5 Å². The Kier molecular flexibility index (Phi) is 9.87. The van der Waals surface area contributed by atoms with E-state index < -0.39 is 26.2 Å². The van der Waals surface area contributed by atoms with Crippen molar-refractivity contribution in [1.29, 1.82) is 0 Å². The lowest BCUT2D eigenvalue weighted by Crippen LogP contribution is -2.44. The summed E-state index contributed by atoms with van der Waals surface area (Å²) in [6, 6.07) is 0.997. The van der Waals surface area contributed by atoms with Crippen LogP contribution in [-0.4, -0.2) is 44.6 Å². The molecule has 0 amide bonds. The van der Waals surface area contributed by atoms with Crippen LogP contribution in [0.25, 0.3) is 0 Å². The molecule has 0 aliphatic rings. The Labute approximate surface area is 145 Å². The van der Waals surface area contributed by atoms with Gasteiger partial charge >= 0.3 is 5.97 Å². The first-order valence-electron chi connectivity index (χ1n) is 7.98. The van der Waals surface area contributed by atoms with Crippen LogP contribution in [0.1, 0.15) is 13.3 Å². The van der Waals surface area contributed by atoms with Crippen LogP contribution in [0.2, 0.25) is 32.2 Å². The number of hydrogen-bond donors (Lipinski definition) is 0. The molecular formula is C16H32O4Si3. The molecule has 23 heavy (non-hydrogen) atoms. The molecule has 7 heteroatoms. The highest BCUT2D eigenvalue weighted by Crippen LogP contribution is 2.16. The van der Waals surface area contributed by atoms with Crippen molar-refractivity contribution in [2.45, 2.75) is 51.5 Å². The topological polar surface area (TPSA) is 44.8 Å². The smallest absolute Gasteiger partial charge is 0.333 e. The second-order valence-corrected chi connectivity index (χ2v) is 16.3. The molecule has 0 heterocycles.